The molecule has 0 aromatic heterocycles. The van der Waals surface area contributed by atoms with Gasteiger partial charge in [-0.1, -0.05) is 97.1 Å². The zero-order valence-electron chi connectivity index (χ0n) is 18.0. The molecule has 0 aliphatic rings. The quantitative estimate of drug-likeness (QED) is 0.285. The molecule has 2 atom stereocenters. The maximum Gasteiger partial charge on any atom is 0.203 e. The van der Waals surface area contributed by atoms with Crippen LogP contribution in [0.2, 0.25) is 0 Å². The minimum Gasteiger partial charge on any atom is -0.482 e. The SMILES string of the molecule is O=C(c1ccccc1)[C@H](C[C@@H](Oc1ccccc1)C(=O)c1ccccc1)Oc1ccccc1. The van der Waals surface area contributed by atoms with E-state index in [1.54, 1.807) is 72.8 Å². The lowest BCUT2D eigenvalue weighted by Crippen LogP contribution is -2.38. The van der Waals surface area contributed by atoms with Gasteiger partial charge in [0.1, 0.15) is 11.5 Å². The topological polar surface area (TPSA) is 52.6 Å². The van der Waals surface area contributed by atoms with Gasteiger partial charge in [0.15, 0.2) is 12.2 Å². The molecule has 4 heteroatoms. The first-order chi connectivity index (χ1) is 16.2. The maximum atomic E-state index is 13.4. The summed E-state index contributed by atoms with van der Waals surface area (Å²) in [6.45, 7) is 0. The van der Waals surface area contributed by atoms with Crippen LogP contribution < -0.4 is 9.47 Å². The van der Waals surface area contributed by atoms with Gasteiger partial charge in [-0.2, -0.15) is 0 Å². The van der Waals surface area contributed by atoms with Crippen molar-refractivity contribution in [1.29, 1.82) is 0 Å². The molecule has 0 saturated heterocycles. The monoisotopic (exact) mass is 436 g/mol. The number of carbonyl (C=O) groups excluding carboxylic acids is 2. The molecule has 0 aliphatic carbocycles. The van der Waals surface area contributed by atoms with Crippen molar-refractivity contribution in [2.24, 2.45) is 0 Å². The number of hydrogen-bond donors (Lipinski definition) is 0. The zero-order valence-corrected chi connectivity index (χ0v) is 18.0. The van der Waals surface area contributed by atoms with Crippen molar-refractivity contribution in [2.75, 3.05) is 0 Å². The lowest BCUT2D eigenvalue weighted by molar-refractivity contribution is 0.0588. The van der Waals surface area contributed by atoms with Gasteiger partial charge in [-0.3, -0.25) is 9.59 Å². The average Bonchev–Trinajstić information content (AvgIpc) is 2.89. The van der Waals surface area contributed by atoms with Crippen molar-refractivity contribution in [3.05, 3.63) is 132 Å². The molecule has 0 fully saturated rings. The van der Waals surface area contributed by atoms with Gasteiger partial charge in [-0.25, -0.2) is 0 Å². The molecule has 4 aromatic rings. The number of para-hydroxylation sites is 2. The van der Waals surface area contributed by atoms with Gasteiger partial charge in [0.2, 0.25) is 11.6 Å². The van der Waals surface area contributed by atoms with E-state index in [1.807, 2.05) is 48.5 Å². The standard InChI is InChI=1S/C29H24O4/c30-28(22-13-5-1-6-14-22)26(32-24-17-9-3-10-18-24)21-27(33-25-19-11-4-12-20-25)29(31)23-15-7-2-8-16-23/h1-20,26-27H,21H2/t26-,27+. The highest BCUT2D eigenvalue weighted by Crippen LogP contribution is 2.22. The van der Waals surface area contributed by atoms with Crippen LogP contribution in [-0.4, -0.2) is 23.8 Å². The summed E-state index contributed by atoms with van der Waals surface area (Å²) < 4.78 is 12.2. The third kappa shape index (κ3) is 5.95. The zero-order chi connectivity index (χ0) is 22.9. The van der Waals surface area contributed by atoms with Gasteiger partial charge < -0.3 is 9.47 Å². The van der Waals surface area contributed by atoms with Crippen molar-refractivity contribution in [3.63, 3.8) is 0 Å². The molecule has 0 saturated carbocycles. The predicted octanol–water partition coefficient (Wildman–Crippen LogP) is 6.04. The van der Waals surface area contributed by atoms with E-state index in [1.165, 1.54) is 0 Å². The van der Waals surface area contributed by atoms with Crippen LogP contribution in [0, 0.1) is 0 Å². The Labute approximate surface area is 193 Å². The van der Waals surface area contributed by atoms with E-state index in [0.717, 1.165) is 0 Å². The Hall–Kier alpha value is -4.18. The molecule has 4 rings (SSSR count). The van der Waals surface area contributed by atoms with Crippen LogP contribution in [0.3, 0.4) is 0 Å². The minimum atomic E-state index is -0.906. The van der Waals surface area contributed by atoms with Crippen LogP contribution in [0.25, 0.3) is 0 Å². The second-order valence-electron chi connectivity index (χ2n) is 7.54. The summed E-state index contributed by atoms with van der Waals surface area (Å²) in [5.74, 6) is 0.693. The van der Waals surface area contributed by atoms with Crippen LogP contribution in [0.15, 0.2) is 121 Å². The molecule has 4 aromatic carbocycles. The van der Waals surface area contributed by atoms with E-state index in [-0.39, 0.29) is 18.0 Å². The molecule has 0 aliphatic heterocycles. The van der Waals surface area contributed by atoms with Gasteiger partial charge >= 0.3 is 0 Å². The Morgan fingerprint density at radius 1 is 0.485 bits per heavy atom. The summed E-state index contributed by atoms with van der Waals surface area (Å²) >= 11 is 0. The van der Waals surface area contributed by atoms with Crippen molar-refractivity contribution >= 4 is 11.6 Å². The van der Waals surface area contributed by atoms with E-state index >= 15 is 0 Å². The summed E-state index contributed by atoms with van der Waals surface area (Å²) in [4.78, 5) is 26.8. The molecule has 0 bridgehead atoms. The van der Waals surface area contributed by atoms with Crippen molar-refractivity contribution in [3.8, 4) is 11.5 Å². The first-order valence-corrected chi connectivity index (χ1v) is 10.8. The number of ketones is 2. The molecular formula is C29H24O4. The fourth-order valence-electron chi connectivity index (χ4n) is 3.52. The third-order valence-corrected chi connectivity index (χ3v) is 5.17. The van der Waals surface area contributed by atoms with Crippen LogP contribution in [0.5, 0.6) is 11.5 Å². The highest BCUT2D eigenvalue weighted by atomic mass is 16.5. The summed E-state index contributed by atoms with van der Waals surface area (Å²) in [7, 11) is 0. The molecule has 164 valence electrons. The van der Waals surface area contributed by atoms with Gasteiger partial charge in [-0.05, 0) is 24.3 Å². The normalized spacial score (nSPS) is 12.4. The third-order valence-electron chi connectivity index (χ3n) is 5.17. The molecule has 0 amide bonds. The molecule has 0 radical (unpaired) electrons. The molecule has 4 nitrogen and oxygen atoms in total. The fourth-order valence-corrected chi connectivity index (χ4v) is 3.52. The smallest absolute Gasteiger partial charge is 0.203 e. The molecular weight excluding hydrogens is 412 g/mol. The summed E-state index contributed by atoms with van der Waals surface area (Å²) in [6, 6.07) is 36.2. The highest BCUT2D eigenvalue weighted by Gasteiger charge is 2.31. The Morgan fingerprint density at radius 3 is 1.12 bits per heavy atom. The lowest BCUT2D eigenvalue weighted by Gasteiger charge is -2.24. The van der Waals surface area contributed by atoms with Crippen molar-refractivity contribution in [2.45, 2.75) is 18.6 Å². The van der Waals surface area contributed by atoms with Gasteiger partial charge in [0.05, 0.1) is 0 Å². The molecule has 0 heterocycles. The molecule has 0 N–H and O–H groups in total. The van der Waals surface area contributed by atoms with E-state index in [4.69, 9.17) is 9.47 Å². The van der Waals surface area contributed by atoms with Crippen molar-refractivity contribution < 1.29 is 19.1 Å². The molecule has 33 heavy (non-hydrogen) atoms. The van der Waals surface area contributed by atoms with Crippen LogP contribution in [0.4, 0.5) is 0 Å². The first kappa shape index (κ1) is 22.0. The van der Waals surface area contributed by atoms with E-state index in [0.29, 0.717) is 22.6 Å². The average molecular weight is 437 g/mol. The Morgan fingerprint density at radius 2 is 0.788 bits per heavy atom. The summed E-state index contributed by atoms with van der Waals surface area (Å²) in [5, 5.41) is 0. The Bertz CT molecular complexity index is 1060. The maximum absolute atomic E-state index is 13.4. The first-order valence-electron chi connectivity index (χ1n) is 10.8. The van der Waals surface area contributed by atoms with Gasteiger partial charge in [0, 0.05) is 17.5 Å². The summed E-state index contributed by atoms with van der Waals surface area (Å²) in [6.07, 6.45) is -1.75. The van der Waals surface area contributed by atoms with Crippen LogP contribution >= 0.6 is 0 Å². The second-order valence-corrected chi connectivity index (χ2v) is 7.54. The number of ether oxygens (including phenoxy) is 2. The predicted molar refractivity (Wildman–Crippen MR) is 128 cm³/mol. The van der Waals surface area contributed by atoms with Crippen LogP contribution in [-0.2, 0) is 0 Å². The lowest BCUT2D eigenvalue weighted by atomic mass is 9.96. The number of hydrogen-bond acceptors (Lipinski definition) is 4. The number of rotatable bonds is 10. The minimum absolute atomic E-state index is 0.0608. The molecule has 0 unspecified atom stereocenters. The van der Waals surface area contributed by atoms with E-state index in [9.17, 15) is 9.59 Å². The number of Topliss-reactive ketones (excluding diaryl/α,β-unsaturated/α-hetero) is 2. The molecule has 0 spiro atoms. The fraction of sp³-hybridized carbons (Fsp3) is 0.103. The van der Waals surface area contributed by atoms with Crippen LogP contribution in [0.1, 0.15) is 27.1 Å². The second kappa shape index (κ2) is 10.9. The summed E-state index contributed by atoms with van der Waals surface area (Å²) in [5.41, 5.74) is 1.04. The number of carbonyl (C=O) groups is 2. The Balaban J connectivity index is 1.66. The van der Waals surface area contributed by atoms with E-state index < -0.39 is 12.2 Å². The van der Waals surface area contributed by atoms with Gasteiger partial charge in [0.25, 0.3) is 0 Å². The number of benzene rings is 4. The largest absolute Gasteiger partial charge is 0.482 e. The Kier molecular flexibility index (Phi) is 7.29. The van der Waals surface area contributed by atoms with Crippen molar-refractivity contribution in [1.82, 2.24) is 0 Å². The van der Waals surface area contributed by atoms with Gasteiger partial charge in [-0.15, -0.1) is 0 Å². The highest BCUT2D eigenvalue weighted by molar-refractivity contribution is 6.02. The van der Waals surface area contributed by atoms with E-state index in [2.05, 4.69) is 0 Å².